The third kappa shape index (κ3) is 4.88. The lowest BCUT2D eigenvalue weighted by Gasteiger charge is -2.32. The molecule has 2 aromatic heterocycles. The van der Waals surface area contributed by atoms with Crippen molar-refractivity contribution in [3.05, 3.63) is 82.8 Å². The van der Waals surface area contributed by atoms with Crippen LogP contribution >= 0.6 is 0 Å². The van der Waals surface area contributed by atoms with Crippen LogP contribution in [0.2, 0.25) is 0 Å². The van der Waals surface area contributed by atoms with Gasteiger partial charge >= 0.3 is 5.97 Å². The summed E-state index contributed by atoms with van der Waals surface area (Å²) >= 11 is 0. The number of hydrogen-bond donors (Lipinski definition) is 3. The van der Waals surface area contributed by atoms with Crippen molar-refractivity contribution in [2.24, 2.45) is 17.3 Å². The number of aliphatic hydroxyl groups is 1. The number of ketones is 1. The Morgan fingerprint density at radius 2 is 1.88 bits per heavy atom. The average molecular weight is 655 g/mol. The molecule has 0 radical (unpaired) electrons. The number of carbonyl (C=O) groups excluding carboxylic acids is 3. The summed E-state index contributed by atoms with van der Waals surface area (Å²) in [4.78, 5) is 49.1. The van der Waals surface area contributed by atoms with Gasteiger partial charge < -0.3 is 34.0 Å². The topological polar surface area (TPSA) is 166 Å². The van der Waals surface area contributed by atoms with E-state index in [0.717, 1.165) is 22.4 Å². The molecule has 1 amide bonds. The number of aromatic nitrogens is 2. The number of anilines is 1. The molecular formula is C36H38N4O8. The van der Waals surface area contributed by atoms with Crippen LogP contribution in [0.25, 0.3) is 11.6 Å². The van der Waals surface area contributed by atoms with Crippen LogP contribution in [0.4, 0.5) is 5.69 Å². The Morgan fingerprint density at radius 3 is 2.60 bits per heavy atom. The number of fused-ring (bicyclic) bond motifs is 4. The summed E-state index contributed by atoms with van der Waals surface area (Å²) in [6.07, 6.45) is -0.550. The Morgan fingerprint density at radius 1 is 1.10 bits per heavy atom. The fourth-order valence-electron chi connectivity index (χ4n) is 6.99. The molecule has 3 aliphatic heterocycles. The lowest BCUT2D eigenvalue weighted by atomic mass is 9.72. The molecule has 2 aromatic carbocycles. The summed E-state index contributed by atoms with van der Waals surface area (Å²) in [6, 6.07) is 12.8. The van der Waals surface area contributed by atoms with Crippen LogP contribution in [-0.4, -0.2) is 52.2 Å². The highest BCUT2D eigenvalue weighted by Crippen LogP contribution is 2.59. The molecule has 0 unspecified atom stereocenters. The molecule has 1 spiro atoms. The summed E-state index contributed by atoms with van der Waals surface area (Å²) < 4.78 is 24.1. The largest absolute Gasteiger partial charge is 0.469 e. The zero-order chi connectivity index (χ0) is 34.1. The molecule has 48 heavy (non-hydrogen) atoms. The number of oxazole rings is 2. The molecule has 7 rings (SSSR count). The van der Waals surface area contributed by atoms with Gasteiger partial charge in [0.15, 0.2) is 29.2 Å². The Labute approximate surface area is 277 Å². The van der Waals surface area contributed by atoms with Crippen molar-refractivity contribution in [3.8, 4) is 17.3 Å². The predicted octanol–water partition coefficient (Wildman–Crippen LogP) is 4.95. The number of esters is 1. The first-order chi connectivity index (χ1) is 22.8. The maximum absolute atomic E-state index is 14.2. The molecule has 12 nitrogen and oxygen atoms in total. The van der Waals surface area contributed by atoms with Crippen LogP contribution in [-0.2, 0) is 26.2 Å². The molecule has 4 bridgehead atoms. The van der Waals surface area contributed by atoms with E-state index in [0.29, 0.717) is 11.5 Å². The summed E-state index contributed by atoms with van der Waals surface area (Å²) in [6.45, 7) is 9.38. The Kier molecular flexibility index (Phi) is 7.46. The summed E-state index contributed by atoms with van der Waals surface area (Å²) in [5.41, 5.74) is 1.76. The number of rotatable bonds is 6. The van der Waals surface area contributed by atoms with Crippen molar-refractivity contribution >= 4 is 23.3 Å². The van der Waals surface area contributed by atoms with Crippen LogP contribution in [0.3, 0.4) is 0 Å². The van der Waals surface area contributed by atoms with Crippen LogP contribution in [0.1, 0.15) is 85.9 Å². The lowest BCUT2D eigenvalue weighted by molar-refractivity contribution is -0.135. The van der Waals surface area contributed by atoms with Gasteiger partial charge in [-0.15, -0.1) is 0 Å². The highest BCUT2D eigenvalue weighted by atomic mass is 16.5. The predicted molar refractivity (Wildman–Crippen MR) is 172 cm³/mol. The van der Waals surface area contributed by atoms with Crippen molar-refractivity contribution in [3.63, 3.8) is 0 Å². The fourth-order valence-corrected chi connectivity index (χ4v) is 6.99. The third-order valence-corrected chi connectivity index (χ3v) is 9.51. The van der Waals surface area contributed by atoms with E-state index in [1.807, 2.05) is 63.2 Å². The molecule has 5 atom stereocenters. The minimum Gasteiger partial charge on any atom is -0.469 e. The monoisotopic (exact) mass is 654 g/mol. The standard InChI is InChI=1S/C36H38N4O8/c1-17(2)27(42)24(41)15-19-13-18-11-12-25-21(14-18)36(20-9-7-8-10-22(20)38-34(36)47-25)29-26(31-37-23(16-46-31)33(44)45-6)39-32(48-29)28(35(3,4)5)40-30(19)43/h7-12,14,16-17,19,27-28,34,38,42H,13,15H2,1-6H3,(H,40,43)/t19-,27+,28-,34-,36+/m1/s1. The minimum atomic E-state index is -1.19. The van der Waals surface area contributed by atoms with Crippen molar-refractivity contribution in [2.45, 2.75) is 71.2 Å². The van der Waals surface area contributed by atoms with Gasteiger partial charge in [-0.05, 0) is 41.0 Å². The lowest BCUT2D eigenvalue weighted by Crippen LogP contribution is -2.42. The van der Waals surface area contributed by atoms with Gasteiger partial charge in [-0.2, -0.15) is 0 Å². The van der Waals surface area contributed by atoms with Crippen LogP contribution in [0.5, 0.6) is 5.75 Å². The maximum Gasteiger partial charge on any atom is 0.360 e. The molecule has 0 saturated carbocycles. The van der Waals surface area contributed by atoms with E-state index >= 15 is 0 Å². The van der Waals surface area contributed by atoms with E-state index < -0.39 is 46.9 Å². The summed E-state index contributed by atoms with van der Waals surface area (Å²) in [7, 11) is 1.26. The smallest absolute Gasteiger partial charge is 0.360 e. The molecule has 12 heteroatoms. The number of hydrogen-bond acceptors (Lipinski definition) is 11. The molecule has 0 saturated heterocycles. The van der Waals surface area contributed by atoms with Crippen molar-refractivity contribution in [1.29, 1.82) is 0 Å². The molecule has 250 valence electrons. The van der Waals surface area contributed by atoms with Gasteiger partial charge in [0.2, 0.25) is 17.7 Å². The Balaban J connectivity index is 1.49. The zero-order valence-corrected chi connectivity index (χ0v) is 27.6. The average Bonchev–Trinajstić information content (AvgIpc) is 3.82. The highest BCUT2D eigenvalue weighted by Gasteiger charge is 2.61. The molecule has 0 fully saturated rings. The second kappa shape index (κ2) is 11.3. The Bertz CT molecular complexity index is 1940. The molecule has 0 aliphatic carbocycles. The molecule has 5 heterocycles. The third-order valence-electron chi connectivity index (χ3n) is 9.51. The van der Waals surface area contributed by atoms with Gasteiger partial charge in [-0.25, -0.2) is 14.8 Å². The normalized spacial score (nSPS) is 23.2. The van der Waals surface area contributed by atoms with E-state index in [9.17, 15) is 19.5 Å². The van der Waals surface area contributed by atoms with Crippen molar-refractivity contribution < 1.29 is 37.8 Å². The van der Waals surface area contributed by atoms with Crippen molar-refractivity contribution in [2.75, 3.05) is 12.4 Å². The van der Waals surface area contributed by atoms with Crippen LogP contribution in [0, 0.1) is 17.3 Å². The Hall–Kier alpha value is -4.97. The number of para-hydroxylation sites is 1. The molecule has 3 aliphatic rings. The van der Waals surface area contributed by atoms with Gasteiger partial charge in [-0.3, -0.25) is 9.59 Å². The van der Waals surface area contributed by atoms with Gasteiger partial charge in [0.25, 0.3) is 0 Å². The van der Waals surface area contributed by atoms with Crippen LogP contribution < -0.4 is 15.4 Å². The van der Waals surface area contributed by atoms with E-state index in [1.54, 1.807) is 13.8 Å². The van der Waals surface area contributed by atoms with E-state index in [-0.39, 0.29) is 47.8 Å². The quantitative estimate of drug-likeness (QED) is 0.241. The number of benzene rings is 2. The number of Topliss-reactive ketones (excluding diaryl/α,β-unsaturated/α-hetero) is 1. The molecular weight excluding hydrogens is 616 g/mol. The van der Waals surface area contributed by atoms with Gasteiger partial charge in [0.05, 0.1) is 7.11 Å². The van der Waals surface area contributed by atoms with Gasteiger partial charge in [-0.1, -0.05) is 65.0 Å². The van der Waals surface area contributed by atoms with E-state index in [1.165, 1.54) is 13.4 Å². The van der Waals surface area contributed by atoms with E-state index in [4.69, 9.17) is 23.3 Å². The number of nitrogens with one attached hydrogen (secondary N) is 2. The number of aliphatic hydroxyl groups excluding tert-OH is 1. The van der Waals surface area contributed by atoms with E-state index in [2.05, 4.69) is 15.6 Å². The van der Waals surface area contributed by atoms with Crippen LogP contribution in [0.15, 0.2) is 57.6 Å². The molecule has 3 N–H and O–H groups in total. The number of amides is 1. The SMILES string of the molecule is COC(=O)c1coc(-c2nc3oc2[C@@]24c5ccccc5N[C@@H]2Oc2ccc(cc24)C[C@H](CC(=O)[C@@H](O)C(C)C)C(=O)N[C@H]3C(C)(C)C)n1. The first-order valence-corrected chi connectivity index (χ1v) is 16.1. The summed E-state index contributed by atoms with van der Waals surface area (Å²) in [5, 5.41) is 17.2. The molecule has 4 aromatic rings. The number of methoxy groups -OCH3 is 1. The summed E-state index contributed by atoms with van der Waals surface area (Å²) in [5.74, 6) is -1.34. The maximum atomic E-state index is 14.2. The number of nitrogens with zero attached hydrogens (tertiary/aromatic N) is 2. The number of ether oxygens (including phenoxy) is 2. The number of carbonyl (C=O) groups is 3. The second-order valence-electron chi connectivity index (χ2n) is 14.2. The van der Waals surface area contributed by atoms with Gasteiger partial charge in [0.1, 0.15) is 29.6 Å². The minimum absolute atomic E-state index is 0.0301. The highest BCUT2D eigenvalue weighted by molar-refractivity contribution is 5.90. The van der Waals surface area contributed by atoms with Crippen molar-refractivity contribution in [1.82, 2.24) is 15.3 Å². The van der Waals surface area contributed by atoms with Gasteiger partial charge in [0, 0.05) is 23.6 Å². The first-order valence-electron chi connectivity index (χ1n) is 16.1. The fraction of sp³-hybridized carbons (Fsp3) is 0.417. The second-order valence-corrected chi connectivity index (χ2v) is 14.2. The zero-order valence-electron chi connectivity index (χ0n) is 27.6. The first kappa shape index (κ1) is 31.6.